The van der Waals surface area contributed by atoms with Gasteiger partial charge in [-0.05, 0) is 85.7 Å². The molecule has 2 aromatic carbocycles. The Hall–Kier alpha value is -3.20. The number of amidine groups is 1. The highest BCUT2D eigenvalue weighted by Gasteiger charge is 2.25. The third kappa shape index (κ3) is 5.14. The molecule has 1 aromatic heterocycles. The molecule has 0 saturated carbocycles. The molecule has 2 amide bonds. The summed E-state index contributed by atoms with van der Waals surface area (Å²) in [6, 6.07) is 14.9. The van der Waals surface area contributed by atoms with Crippen LogP contribution in [0.5, 0.6) is 0 Å². The Morgan fingerprint density at radius 3 is 2.88 bits per heavy atom. The number of pyridine rings is 1. The molecule has 3 heterocycles. The molecule has 0 atom stereocenters. The summed E-state index contributed by atoms with van der Waals surface area (Å²) in [5.74, 6) is -0.224. The number of rotatable bonds is 4. The maximum Gasteiger partial charge on any atom is 0.264 e. The minimum absolute atomic E-state index is 0.00164. The van der Waals surface area contributed by atoms with Gasteiger partial charge in [0, 0.05) is 23.2 Å². The molecule has 0 bridgehead atoms. The second kappa shape index (κ2) is 9.97. The Labute approximate surface area is 206 Å². The van der Waals surface area contributed by atoms with Gasteiger partial charge in [-0.3, -0.25) is 14.6 Å². The molecule has 9 heteroatoms. The van der Waals surface area contributed by atoms with Crippen molar-refractivity contribution in [1.29, 1.82) is 0 Å². The second-order valence-corrected chi connectivity index (χ2v) is 9.55. The number of aromatic nitrogens is 1. The van der Waals surface area contributed by atoms with Gasteiger partial charge < -0.3 is 16.0 Å². The smallest absolute Gasteiger partial charge is 0.264 e. The average molecular weight is 492 g/mol. The van der Waals surface area contributed by atoms with Crippen molar-refractivity contribution in [3.63, 3.8) is 0 Å². The number of nitrogens with one attached hydrogen (secondary N) is 3. The number of nitrogens with zero attached hydrogens (tertiary/aromatic N) is 2. The number of halogens is 1. The van der Waals surface area contributed by atoms with Crippen LogP contribution in [0.3, 0.4) is 0 Å². The van der Waals surface area contributed by atoms with Crippen LogP contribution in [-0.2, 0) is 9.59 Å². The lowest BCUT2D eigenvalue weighted by Crippen LogP contribution is -2.34. The number of fused-ring (bicyclic) bond motifs is 1. The Bertz CT molecular complexity index is 1330. The third-order valence-electron chi connectivity index (χ3n) is 5.72. The van der Waals surface area contributed by atoms with Gasteiger partial charge in [-0.15, -0.1) is 0 Å². The van der Waals surface area contributed by atoms with Crippen molar-refractivity contribution in [1.82, 2.24) is 15.6 Å². The van der Waals surface area contributed by atoms with E-state index in [9.17, 15) is 9.59 Å². The third-order valence-corrected chi connectivity index (χ3v) is 6.95. The van der Waals surface area contributed by atoms with Crippen LogP contribution < -0.4 is 16.0 Å². The molecule has 2 fully saturated rings. The van der Waals surface area contributed by atoms with Crippen LogP contribution in [0.15, 0.2) is 64.6 Å². The van der Waals surface area contributed by atoms with E-state index in [4.69, 9.17) is 11.6 Å². The van der Waals surface area contributed by atoms with E-state index in [2.05, 4.69) is 25.9 Å². The minimum atomic E-state index is -0.221. The molecule has 172 valence electrons. The molecule has 5 rings (SSSR count). The molecule has 2 saturated heterocycles. The number of amides is 2. The summed E-state index contributed by atoms with van der Waals surface area (Å²) in [6.07, 6.45) is 5.22. The zero-order chi connectivity index (χ0) is 23.5. The van der Waals surface area contributed by atoms with Crippen LogP contribution in [0, 0.1) is 5.92 Å². The Morgan fingerprint density at radius 2 is 2.03 bits per heavy atom. The Kier molecular flexibility index (Phi) is 6.62. The highest BCUT2D eigenvalue weighted by atomic mass is 35.5. The molecular formula is C25H22ClN5O2S. The number of aliphatic imine (C=N–C) groups is 1. The van der Waals surface area contributed by atoms with Gasteiger partial charge >= 0.3 is 0 Å². The summed E-state index contributed by atoms with van der Waals surface area (Å²) in [7, 11) is 0. The van der Waals surface area contributed by atoms with Crippen molar-refractivity contribution in [3.8, 4) is 0 Å². The minimum Gasteiger partial charge on any atom is -0.326 e. The lowest BCUT2D eigenvalue weighted by atomic mass is 9.97. The zero-order valence-corrected chi connectivity index (χ0v) is 19.7. The standard InChI is InChI=1S/C25H22ClN5O2S/c26-19-5-4-18(29-23(32)16-7-10-27-11-8-16)14-21(19)30-25-31-24(33)22(34-25)13-15-3-6-20-17(12-15)2-1-9-28-20/h1-6,9,12-14,16,27H,7-8,10-11H2,(H,29,32)(H,30,31,33). The summed E-state index contributed by atoms with van der Waals surface area (Å²) < 4.78 is 0. The van der Waals surface area contributed by atoms with Crippen LogP contribution in [0.2, 0.25) is 5.02 Å². The number of anilines is 1. The van der Waals surface area contributed by atoms with Crippen molar-refractivity contribution in [3.05, 3.63) is 70.2 Å². The maximum atomic E-state index is 12.6. The number of benzene rings is 2. The van der Waals surface area contributed by atoms with E-state index in [1.165, 1.54) is 11.8 Å². The topological polar surface area (TPSA) is 95.5 Å². The Morgan fingerprint density at radius 1 is 1.18 bits per heavy atom. The van der Waals surface area contributed by atoms with E-state index < -0.39 is 0 Å². The average Bonchev–Trinajstić information content (AvgIpc) is 3.20. The molecular weight excluding hydrogens is 470 g/mol. The van der Waals surface area contributed by atoms with E-state index in [0.29, 0.717) is 26.5 Å². The number of hydrogen-bond acceptors (Lipinski definition) is 6. The van der Waals surface area contributed by atoms with Crippen LogP contribution in [0.25, 0.3) is 17.0 Å². The number of hydrogen-bond donors (Lipinski definition) is 3. The molecule has 34 heavy (non-hydrogen) atoms. The SMILES string of the molecule is O=C1NC(=Nc2cc(NC(=O)C3CCNCC3)ccc2Cl)SC1=Cc1ccc2ncccc2c1. The fraction of sp³-hybridized carbons (Fsp3) is 0.200. The highest BCUT2D eigenvalue weighted by Crippen LogP contribution is 2.33. The monoisotopic (exact) mass is 491 g/mol. The molecule has 2 aliphatic heterocycles. The van der Waals surface area contributed by atoms with Crippen molar-refractivity contribution in [2.75, 3.05) is 18.4 Å². The van der Waals surface area contributed by atoms with Crippen molar-refractivity contribution >= 4 is 68.7 Å². The van der Waals surface area contributed by atoms with Gasteiger partial charge in [-0.25, -0.2) is 4.99 Å². The number of piperidine rings is 1. The molecule has 2 aliphatic rings. The van der Waals surface area contributed by atoms with Gasteiger partial charge in [0.2, 0.25) is 5.91 Å². The molecule has 0 spiro atoms. The largest absolute Gasteiger partial charge is 0.326 e. The summed E-state index contributed by atoms with van der Waals surface area (Å²) in [5, 5.41) is 10.9. The van der Waals surface area contributed by atoms with E-state index >= 15 is 0 Å². The normalized spacial score (nSPS) is 19.0. The number of thioether (sulfide) groups is 1. The van der Waals surface area contributed by atoms with Crippen molar-refractivity contribution in [2.45, 2.75) is 12.8 Å². The van der Waals surface area contributed by atoms with Gasteiger partial charge in [0.15, 0.2) is 5.17 Å². The second-order valence-electron chi connectivity index (χ2n) is 8.12. The molecule has 3 aromatic rings. The van der Waals surface area contributed by atoms with Crippen molar-refractivity contribution in [2.24, 2.45) is 10.9 Å². The van der Waals surface area contributed by atoms with Gasteiger partial charge in [0.1, 0.15) is 0 Å². The fourth-order valence-corrected chi connectivity index (χ4v) is 4.92. The first-order valence-corrected chi connectivity index (χ1v) is 12.2. The highest BCUT2D eigenvalue weighted by molar-refractivity contribution is 8.18. The van der Waals surface area contributed by atoms with E-state index in [-0.39, 0.29) is 17.7 Å². The lowest BCUT2D eigenvalue weighted by Gasteiger charge is -2.21. The van der Waals surface area contributed by atoms with Gasteiger partial charge in [-0.2, -0.15) is 0 Å². The first-order chi connectivity index (χ1) is 16.5. The first kappa shape index (κ1) is 22.6. The Balaban J connectivity index is 1.33. The van der Waals surface area contributed by atoms with Gasteiger partial charge in [-0.1, -0.05) is 23.7 Å². The van der Waals surface area contributed by atoms with Crippen molar-refractivity contribution < 1.29 is 9.59 Å². The molecule has 0 aliphatic carbocycles. The summed E-state index contributed by atoms with van der Waals surface area (Å²) >= 11 is 7.59. The predicted octanol–water partition coefficient (Wildman–Crippen LogP) is 4.72. The first-order valence-electron chi connectivity index (χ1n) is 11.0. The lowest BCUT2D eigenvalue weighted by molar-refractivity contribution is -0.120. The van der Waals surface area contributed by atoms with Crippen LogP contribution >= 0.6 is 23.4 Å². The fourth-order valence-electron chi connectivity index (χ4n) is 3.93. The van der Waals surface area contributed by atoms with Gasteiger partial charge in [0.25, 0.3) is 5.91 Å². The molecule has 0 unspecified atom stereocenters. The number of carbonyl (C=O) groups excluding carboxylic acids is 2. The van der Waals surface area contributed by atoms with Crippen LogP contribution in [0.4, 0.5) is 11.4 Å². The maximum absolute atomic E-state index is 12.6. The molecule has 0 radical (unpaired) electrons. The zero-order valence-electron chi connectivity index (χ0n) is 18.2. The van der Waals surface area contributed by atoms with E-state index in [1.54, 1.807) is 24.4 Å². The van der Waals surface area contributed by atoms with Gasteiger partial charge in [0.05, 0.1) is 21.1 Å². The van der Waals surface area contributed by atoms with Crippen LogP contribution in [0.1, 0.15) is 18.4 Å². The molecule has 7 nitrogen and oxygen atoms in total. The summed E-state index contributed by atoms with van der Waals surface area (Å²) in [6.45, 7) is 1.70. The summed E-state index contributed by atoms with van der Waals surface area (Å²) in [4.78, 5) is 34.5. The van der Waals surface area contributed by atoms with E-state index in [1.807, 2.05) is 36.4 Å². The van der Waals surface area contributed by atoms with Crippen LogP contribution in [-0.4, -0.2) is 35.1 Å². The predicted molar refractivity (Wildman–Crippen MR) is 138 cm³/mol. The summed E-state index contributed by atoms with van der Waals surface area (Å²) in [5.41, 5.74) is 2.91. The number of carbonyl (C=O) groups is 2. The van der Waals surface area contributed by atoms with E-state index in [0.717, 1.165) is 42.4 Å². The molecule has 3 N–H and O–H groups in total. The quantitative estimate of drug-likeness (QED) is 0.459.